The monoisotopic (exact) mass is 233 g/mol. The molecule has 0 amide bonds. The van der Waals surface area contributed by atoms with Crippen LogP contribution >= 0.6 is 0 Å². The molecule has 0 fully saturated rings. The Morgan fingerprint density at radius 3 is 2.71 bits per heavy atom. The summed E-state index contributed by atoms with van der Waals surface area (Å²) in [5.41, 5.74) is 1.65. The molecule has 0 bridgehead atoms. The zero-order valence-corrected chi connectivity index (χ0v) is 10.6. The highest BCUT2D eigenvalue weighted by atomic mass is 16.3. The normalized spacial score (nSPS) is 13.8. The molecule has 0 aromatic carbocycles. The molecule has 1 heterocycles. The molecule has 17 heavy (non-hydrogen) atoms. The quantitative estimate of drug-likeness (QED) is 0.846. The zero-order chi connectivity index (χ0) is 12.8. The van der Waals surface area contributed by atoms with Crippen molar-refractivity contribution in [3.8, 4) is 6.07 Å². The Labute approximate surface area is 103 Å². The molecule has 0 saturated heterocycles. The van der Waals surface area contributed by atoms with Crippen molar-refractivity contribution in [1.29, 1.82) is 5.26 Å². The van der Waals surface area contributed by atoms with Gasteiger partial charge in [-0.15, -0.1) is 0 Å². The fourth-order valence-electron chi connectivity index (χ4n) is 1.59. The second-order valence-corrected chi connectivity index (χ2v) is 4.28. The summed E-state index contributed by atoms with van der Waals surface area (Å²) in [4.78, 5) is 6.22. The maximum atomic E-state index is 9.62. The number of hydrogen-bond acceptors (Lipinski definition) is 4. The molecule has 0 aliphatic rings. The van der Waals surface area contributed by atoms with Gasteiger partial charge in [-0.1, -0.05) is 6.92 Å². The average molecular weight is 233 g/mol. The fraction of sp³-hybridized carbons (Fsp3) is 0.538. The Morgan fingerprint density at radius 2 is 2.24 bits per heavy atom. The zero-order valence-electron chi connectivity index (χ0n) is 10.6. The smallest absolute Gasteiger partial charge is 0.0957 e. The van der Waals surface area contributed by atoms with E-state index in [9.17, 15) is 5.11 Å². The Bertz CT molecular complexity index is 383. The van der Waals surface area contributed by atoms with Crippen molar-refractivity contribution >= 4 is 5.69 Å². The van der Waals surface area contributed by atoms with Crippen LogP contribution in [0, 0.1) is 17.2 Å². The van der Waals surface area contributed by atoms with E-state index in [1.54, 1.807) is 6.20 Å². The molecular weight excluding hydrogens is 214 g/mol. The van der Waals surface area contributed by atoms with Gasteiger partial charge >= 0.3 is 0 Å². The van der Waals surface area contributed by atoms with Gasteiger partial charge in [0.1, 0.15) is 0 Å². The van der Waals surface area contributed by atoms with E-state index < -0.39 is 6.10 Å². The number of aliphatic hydroxyl groups excluding tert-OH is 1. The SMILES string of the molecule is CCC(O)c1ccc(N(C)CC(C)C#N)cn1. The van der Waals surface area contributed by atoms with E-state index in [0.29, 0.717) is 18.7 Å². The lowest BCUT2D eigenvalue weighted by atomic mass is 10.1. The first-order valence-corrected chi connectivity index (χ1v) is 5.83. The summed E-state index contributed by atoms with van der Waals surface area (Å²) in [7, 11) is 1.93. The van der Waals surface area contributed by atoms with E-state index in [1.807, 2.05) is 37.9 Å². The second-order valence-electron chi connectivity index (χ2n) is 4.28. The van der Waals surface area contributed by atoms with E-state index in [-0.39, 0.29) is 5.92 Å². The number of aromatic nitrogens is 1. The predicted molar refractivity (Wildman–Crippen MR) is 67.5 cm³/mol. The summed E-state index contributed by atoms with van der Waals surface area (Å²) in [6.07, 6.45) is 1.90. The number of aliphatic hydroxyl groups is 1. The minimum Gasteiger partial charge on any atom is -0.387 e. The topological polar surface area (TPSA) is 60.1 Å². The lowest BCUT2D eigenvalue weighted by Crippen LogP contribution is -2.23. The fourth-order valence-corrected chi connectivity index (χ4v) is 1.59. The van der Waals surface area contributed by atoms with Crippen LogP contribution in [0.25, 0.3) is 0 Å². The standard InChI is InChI=1S/C13H19N3O/c1-4-13(17)12-6-5-11(8-15-12)16(3)9-10(2)7-14/h5-6,8,10,13,17H,4,9H2,1-3H3. The van der Waals surface area contributed by atoms with Crippen molar-refractivity contribution < 1.29 is 5.11 Å². The van der Waals surface area contributed by atoms with Gasteiger partial charge in [0.2, 0.25) is 0 Å². The van der Waals surface area contributed by atoms with Gasteiger partial charge in [-0.25, -0.2) is 0 Å². The lowest BCUT2D eigenvalue weighted by Gasteiger charge is -2.20. The molecule has 1 aromatic rings. The number of anilines is 1. The predicted octanol–water partition coefficient (Wildman–Crippen LogP) is 2.12. The number of nitriles is 1. The number of nitrogens with zero attached hydrogens (tertiary/aromatic N) is 3. The molecular formula is C13H19N3O. The first-order valence-electron chi connectivity index (χ1n) is 5.83. The van der Waals surface area contributed by atoms with Crippen LogP contribution < -0.4 is 4.90 Å². The summed E-state index contributed by atoms with van der Waals surface area (Å²) in [6, 6.07) is 5.95. The van der Waals surface area contributed by atoms with E-state index in [4.69, 9.17) is 5.26 Å². The molecule has 0 radical (unpaired) electrons. The molecule has 0 aliphatic carbocycles. The van der Waals surface area contributed by atoms with E-state index in [0.717, 1.165) is 5.69 Å². The summed E-state index contributed by atoms with van der Waals surface area (Å²) >= 11 is 0. The van der Waals surface area contributed by atoms with Gasteiger partial charge in [0.05, 0.1) is 35.7 Å². The molecule has 92 valence electrons. The molecule has 1 aromatic heterocycles. The maximum absolute atomic E-state index is 9.62. The van der Waals surface area contributed by atoms with Crippen LogP contribution in [0.3, 0.4) is 0 Å². The third kappa shape index (κ3) is 3.72. The first-order chi connectivity index (χ1) is 8.08. The molecule has 1 N–H and O–H groups in total. The summed E-state index contributed by atoms with van der Waals surface area (Å²) in [5, 5.41) is 18.4. The van der Waals surface area contributed by atoms with Gasteiger partial charge in [0.15, 0.2) is 0 Å². The van der Waals surface area contributed by atoms with Crippen LogP contribution in [0.4, 0.5) is 5.69 Å². The van der Waals surface area contributed by atoms with Crippen molar-refractivity contribution in [2.45, 2.75) is 26.4 Å². The Hall–Kier alpha value is -1.60. The van der Waals surface area contributed by atoms with Crippen molar-refractivity contribution in [3.63, 3.8) is 0 Å². The third-order valence-electron chi connectivity index (χ3n) is 2.71. The Morgan fingerprint density at radius 1 is 1.53 bits per heavy atom. The van der Waals surface area contributed by atoms with Crippen molar-refractivity contribution in [1.82, 2.24) is 4.98 Å². The van der Waals surface area contributed by atoms with Gasteiger partial charge in [-0.3, -0.25) is 4.98 Å². The Kier molecular flexibility index (Phi) is 4.92. The minimum atomic E-state index is -0.493. The highest BCUT2D eigenvalue weighted by Gasteiger charge is 2.09. The van der Waals surface area contributed by atoms with E-state index >= 15 is 0 Å². The summed E-state index contributed by atoms with van der Waals surface area (Å²) in [5.74, 6) is -0.0130. The molecule has 2 atom stereocenters. The molecule has 0 aliphatic heterocycles. The molecule has 0 saturated carbocycles. The van der Waals surface area contributed by atoms with Crippen molar-refractivity contribution in [2.75, 3.05) is 18.5 Å². The number of pyridine rings is 1. The van der Waals surface area contributed by atoms with E-state index in [1.165, 1.54) is 0 Å². The van der Waals surface area contributed by atoms with Crippen molar-refractivity contribution in [2.24, 2.45) is 5.92 Å². The minimum absolute atomic E-state index is 0.0130. The van der Waals surface area contributed by atoms with Crippen LogP contribution in [0.5, 0.6) is 0 Å². The van der Waals surface area contributed by atoms with Crippen LogP contribution in [0.1, 0.15) is 32.1 Å². The molecule has 0 spiro atoms. The van der Waals surface area contributed by atoms with Gasteiger partial charge in [-0.05, 0) is 25.5 Å². The van der Waals surface area contributed by atoms with Gasteiger partial charge in [-0.2, -0.15) is 5.26 Å². The number of rotatable bonds is 5. The largest absolute Gasteiger partial charge is 0.387 e. The third-order valence-corrected chi connectivity index (χ3v) is 2.71. The maximum Gasteiger partial charge on any atom is 0.0957 e. The molecule has 2 unspecified atom stereocenters. The summed E-state index contributed by atoms with van der Waals surface area (Å²) < 4.78 is 0. The number of hydrogen-bond donors (Lipinski definition) is 1. The van der Waals surface area contributed by atoms with Crippen molar-refractivity contribution in [3.05, 3.63) is 24.0 Å². The average Bonchev–Trinajstić information content (AvgIpc) is 2.37. The van der Waals surface area contributed by atoms with E-state index in [2.05, 4.69) is 11.1 Å². The van der Waals surface area contributed by atoms with Gasteiger partial charge in [0.25, 0.3) is 0 Å². The first kappa shape index (κ1) is 13.5. The summed E-state index contributed by atoms with van der Waals surface area (Å²) in [6.45, 7) is 4.48. The highest BCUT2D eigenvalue weighted by Crippen LogP contribution is 2.18. The van der Waals surface area contributed by atoms with Gasteiger partial charge < -0.3 is 10.0 Å². The van der Waals surface area contributed by atoms with Crippen LogP contribution in [-0.2, 0) is 0 Å². The molecule has 1 rings (SSSR count). The highest BCUT2D eigenvalue weighted by molar-refractivity contribution is 5.44. The Balaban J connectivity index is 2.71. The van der Waals surface area contributed by atoms with Gasteiger partial charge in [0, 0.05) is 13.6 Å². The van der Waals surface area contributed by atoms with Crippen LogP contribution in [0.15, 0.2) is 18.3 Å². The van der Waals surface area contributed by atoms with Crippen LogP contribution in [0.2, 0.25) is 0 Å². The lowest BCUT2D eigenvalue weighted by molar-refractivity contribution is 0.169. The molecule has 4 heteroatoms. The van der Waals surface area contributed by atoms with Crippen LogP contribution in [-0.4, -0.2) is 23.7 Å². The second kappa shape index (κ2) is 6.21. The molecule has 4 nitrogen and oxygen atoms in total.